The molecule has 1 saturated heterocycles. The number of nitrogens with zero attached hydrogens (tertiary/aromatic N) is 2. The fourth-order valence-electron chi connectivity index (χ4n) is 3.08. The summed E-state index contributed by atoms with van der Waals surface area (Å²) in [5.41, 5.74) is 2.42. The van der Waals surface area contributed by atoms with Gasteiger partial charge in [0, 0.05) is 24.5 Å². The number of para-hydroxylation sites is 1. The van der Waals surface area contributed by atoms with Crippen molar-refractivity contribution in [2.45, 2.75) is 25.3 Å². The maximum absolute atomic E-state index is 6.02. The van der Waals surface area contributed by atoms with E-state index in [4.69, 9.17) is 16.3 Å². The minimum atomic E-state index is 0.486. The Morgan fingerprint density at radius 3 is 3.00 bits per heavy atom. The van der Waals surface area contributed by atoms with E-state index in [-0.39, 0.29) is 0 Å². The van der Waals surface area contributed by atoms with Crippen LogP contribution in [-0.2, 0) is 6.42 Å². The lowest BCUT2D eigenvalue weighted by Crippen LogP contribution is -2.31. The quantitative estimate of drug-likeness (QED) is 0.800. The van der Waals surface area contributed by atoms with Crippen LogP contribution in [0.2, 0.25) is 5.15 Å². The first-order chi connectivity index (χ1) is 10.3. The molecule has 1 aliphatic heterocycles. The summed E-state index contributed by atoms with van der Waals surface area (Å²) in [7, 11) is 1.73. The van der Waals surface area contributed by atoms with Gasteiger partial charge < -0.3 is 9.64 Å². The van der Waals surface area contributed by atoms with E-state index in [1.807, 2.05) is 24.3 Å². The number of benzene rings is 1. The van der Waals surface area contributed by atoms with Gasteiger partial charge in [-0.15, -0.1) is 0 Å². The monoisotopic (exact) mass is 302 g/mol. The molecule has 0 N–H and O–H groups in total. The van der Waals surface area contributed by atoms with Gasteiger partial charge in [-0.3, -0.25) is 0 Å². The summed E-state index contributed by atoms with van der Waals surface area (Å²) in [6.07, 6.45) is 5.16. The van der Waals surface area contributed by atoms with E-state index in [1.165, 1.54) is 18.4 Å². The second-order valence-corrected chi connectivity index (χ2v) is 5.73. The molecular weight excluding hydrogens is 284 g/mol. The largest absolute Gasteiger partial charge is 0.496 e. The molecule has 4 heteroatoms. The number of aromatic nitrogens is 1. The van der Waals surface area contributed by atoms with Crippen LogP contribution in [0.25, 0.3) is 0 Å². The summed E-state index contributed by atoms with van der Waals surface area (Å²) in [5.74, 6) is 0.970. The van der Waals surface area contributed by atoms with Gasteiger partial charge in [0.05, 0.1) is 7.11 Å². The summed E-state index contributed by atoms with van der Waals surface area (Å²) in [5, 5.41) is 0.551. The van der Waals surface area contributed by atoms with Crippen LogP contribution in [-0.4, -0.2) is 24.7 Å². The number of halogens is 1. The molecule has 21 heavy (non-hydrogen) atoms. The smallest absolute Gasteiger partial charge is 0.131 e. The zero-order chi connectivity index (χ0) is 14.7. The van der Waals surface area contributed by atoms with Crippen LogP contribution >= 0.6 is 11.6 Å². The molecule has 0 spiro atoms. The number of ether oxygens (including phenoxy) is 1. The highest BCUT2D eigenvalue weighted by molar-refractivity contribution is 6.29. The lowest BCUT2D eigenvalue weighted by Gasteiger charge is -2.27. The van der Waals surface area contributed by atoms with Crippen LogP contribution in [0.3, 0.4) is 0 Å². The van der Waals surface area contributed by atoms with Crippen molar-refractivity contribution in [2.75, 3.05) is 18.6 Å². The van der Waals surface area contributed by atoms with E-state index in [0.29, 0.717) is 11.2 Å². The van der Waals surface area contributed by atoms with E-state index >= 15 is 0 Å². The van der Waals surface area contributed by atoms with Crippen LogP contribution in [0.15, 0.2) is 42.6 Å². The standard InChI is InChI=1S/C17H19ClN2O/c1-21-16-7-3-2-5-13(16)11-14-6-4-10-20(14)15-8-9-19-17(18)12-15/h2-3,5,7-9,12,14H,4,6,10-11H2,1H3. The van der Waals surface area contributed by atoms with Crippen LogP contribution in [0, 0.1) is 0 Å². The van der Waals surface area contributed by atoms with Gasteiger partial charge in [-0.25, -0.2) is 4.98 Å². The third-order valence-corrected chi connectivity index (χ3v) is 4.27. The topological polar surface area (TPSA) is 25.4 Å². The number of rotatable bonds is 4. The predicted molar refractivity (Wildman–Crippen MR) is 86.3 cm³/mol. The lowest BCUT2D eigenvalue weighted by atomic mass is 10.0. The van der Waals surface area contributed by atoms with Gasteiger partial charge in [0.2, 0.25) is 0 Å². The molecule has 3 nitrogen and oxygen atoms in total. The first kappa shape index (κ1) is 14.2. The lowest BCUT2D eigenvalue weighted by molar-refractivity contribution is 0.408. The molecule has 1 fully saturated rings. The number of methoxy groups -OCH3 is 1. The van der Waals surface area contributed by atoms with Crippen molar-refractivity contribution in [2.24, 2.45) is 0 Å². The van der Waals surface area contributed by atoms with E-state index < -0.39 is 0 Å². The minimum Gasteiger partial charge on any atom is -0.496 e. The highest BCUT2D eigenvalue weighted by atomic mass is 35.5. The third-order valence-electron chi connectivity index (χ3n) is 4.07. The Labute approximate surface area is 130 Å². The van der Waals surface area contributed by atoms with Gasteiger partial charge in [-0.1, -0.05) is 29.8 Å². The summed E-state index contributed by atoms with van der Waals surface area (Å²) in [6, 6.07) is 12.7. The molecule has 0 aliphatic carbocycles. The summed E-state index contributed by atoms with van der Waals surface area (Å²) < 4.78 is 5.47. The van der Waals surface area contributed by atoms with Gasteiger partial charge in [-0.2, -0.15) is 0 Å². The first-order valence-corrected chi connectivity index (χ1v) is 7.66. The van der Waals surface area contributed by atoms with Crippen molar-refractivity contribution >= 4 is 17.3 Å². The second kappa shape index (κ2) is 6.35. The summed E-state index contributed by atoms with van der Waals surface area (Å²) in [4.78, 5) is 6.50. The molecule has 1 aromatic heterocycles. The molecule has 1 unspecified atom stereocenters. The van der Waals surface area contributed by atoms with Crippen molar-refractivity contribution in [3.05, 3.63) is 53.3 Å². The molecule has 2 aromatic rings. The predicted octanol–water partition coefficient (Wildman–Crippen LogP) is 3.96. The normalized spacial score (nSPS) is 18.0. The second-order valence-electron chi connectivity index (χ2n) is 5.34. The molecule has 0 radical (unpaired) electrons. The van der Waals surface area contributed by atoms with Gasteiger partial charge in [0.15, 0.2) is 0 Å². The molecule has 0 bridgehead atoms. The Balaban J connectivity index is 1.81. The maximum atomic E-state index is 6.02. The average Bonchev–Trinajstić information content (AvgIpc) is 2.96. The van der Waals surface area contributed by atoms with Gasteiger partial charge in [0.25, 0.3) is 0 Å². The Hall–Kier alpha value is -1.74. The van der Waals surface area contributed by atoms with Crippen LogP contribution in [0.1, 0.15) is 18.4 Å². The van der Waals surface area contributed by atoms with Gasteiger partial charge in [-0.05, 0) is 43.0 Å². The molecule has 3 rings (SSSR count). The molecule has 0 saturated carbocycles. The molecule has 1 atom stereocenters. The zero-order valence-electron chi connectivity index (χ0n) is 12.1. The molecule has 1 aliphatic rings. The van der Waals surface area contributed by atoms with Crippen LogP contribution in [0.4, 0.5) is 5.69 Å². The van der Waals surface area contributed by atoms with E-state index in [1.54, 1.807) is 13.3 Å². The van der Waals surface area contributed by atoms with E-state index in [9.17, 15) is 0 Å². The Bertz CT molecular complexity index is 617. The number of pyridine rings is 1. The van der Waals surface area contributed by atoms with Crippen molar-refractivity contribution < 1.29 is 4.74 Å². The highest BCUT2D eigenvalue weighted by Crippen LogP contribution is 2.30. The third kappa shape index (κ3) is 3.13. The summed E-state index contributed by atoms with van der Waals surface area (Å²) in [6.45, 7) is 1.07. The molecule has 0 amide bonds. The molecule has 2 heterocycles. The van der Waals surface area contributed by atoms with E-state index in [0.717, 1.165) is 24.4 Å². The summed E-state index contributed by atoms with van der Waals surface area (Å²) >= 11 is 6.02. The Kier molecular flexibility index (Phi) is 4.30. The minimum absolute atomic E-state index is 0.486. The van der Waals surface area contributed by atoms with Crippen molar-refractivity contribution in [1.29, 1.82) is 0 Å². The van der Waals surface area contributed by atoms with Crippen LogP contribution < -0.4 is 9.64 Å². The van der Waals surface area contributed by atoms with Crippen molar-refractivity contribution in [3.63, 3.8) is 0 Å². The first-order valence-electron chi connectivity index (χ1n) is 7.28. The van der Waals surface area contributed by atoms with Gasteiger partial charge >= 0.3 is 0 Å². The SMILES string of the molecule is COc1ccccc1CC1CCCN1c1ccnc(Cl)c1. The van der Waals surface area contributed by atoms with Crippen molar-refractivity contribution in [3.8, 4) is 5.75 Å². The average molecular weight is 303 g/mol. The Morgan fingerprint density at radius 1 is 1.33 bits per heavy atom. The van der Waals surface area contributed by atoms with E-state index in [2.05, 4.69) is 22.0 Å². The zero-order valence-corrected chi connectivity index (χ0v) is 12.9. The number of hydrogen-bond acceptors (Lipinski definition) is 3. The Morgan fingerprint density at radius 2 is 2.19 bits per heavy atom. The molecular formula is C17H19ClN2O. The number of anilines is 1. The van der Waals surface area contributed by atoms with Gasteiger partial charge in [0.1, 0.15) is 10.9 Å². The molecule has 110 valence electrons. The fraction of sp³-hybridized carbons (Fsp3) is 0.353. The number of hydrogen-bond donors (Lipinski definition) is 0. The fourth-order valence-corrected chi connectivity index (χ4v) is 3.25. The van der Waals surface area contributed by atoms with Crippen LogP contribution in [0.5, 0.6) is 5.75 Å². The van der Waals surface area contributed by atoms with Crippen molar-refractivity contribution in [1.82, 2.24) is 4.98 Å². The maximum Gasteiger partial charge on any atom is 0.131 e. The molecule has 1 aromatic carbocycles. The highest BCUT2D eigenvalue weighted by Gasteiger charge is 2.26.